The van der Waals surface area contributed by atoms with E-state index in [2.05, 4.69) is 5.32 Å². The van der Waals surface area contributed by atoms with E-state index in [9.17, 15) is 14.0 Å². The standard InChI is InChI=1S/C20H19FN2O2/c1-2-3-11-23-18(19(24)22-16-7-5-4-6-8-16)12-14-9-10-15(21)13-17(14)20(23)25/h4-10,12-13H,2-3,11H2,1H3,(H,22,24). The van der Waals surface area contributed by atoms with Gasteiger partial charge in [0.1, 0.15) is 11.5 Å². The highest BCUT2D eigenvalue weighted by Crippen LogP contribution is 2.16. The van der Waals surface area contributed by atoms with Gasteiger partial charge in [0.25, 0.3) is 11.5 Å². The average Bonchev–Trinajstić information content (AvgIpc) is 2.62. The smallest absolute Gasteiger partial charge is 0.272 e. The Balaban J connectivity index is 2.10. The number of para-hydroxylation sites is 1. The lowest BCUT2D eigenvalue weighted by atomic mass is 10.1. The highest BCUT2D eigenvalue weighted by atomic mass is 19.1. The molecule has 4 nitrogen and oxygen atoms in total. The number of hydrogen-bond acceptors (Lipinski definition) is 2. The first kappa shape index (κ1) is 16.9. The van der Waals surface area contributed by atoms with Crippen LogP contribution in [0.25, 0.3) is 10.8 Å². The third kappa shape index (κ3) is 3.60. The molecule has 0 aliphatic carbocycles. The van der Waals surface area contributed by atoms with Gasteiger partial charge in [-0.2, -0.15) is 0 Å². The molecule has 5 heteroatoms. The summed E-state index contributed by atoms with van der Waals surface area (Å²) in [5, 5.41) is 3.64. The number of carbonyl (C=O) groups excluding carboxylic acids is 1. The number of unbranched alkanes of at least 4 members (excludes halogenated alkanes) is 1. The van der Waals surface area contributed by atoms with Gasteiger partial charge in [0.05, 0.1) is 5.39 Å². The summed E-state index contributed by atoms with van der Waals surface area (Å²) in [5.74, 6) is -0.821. The van der Waals surface area contributed by atoms with Gasteiger partial charge < -0.3 is 9.88 Å². The van der Waals surface area contributed by atoms with E-state index >= 15 is 0 Å². The molecule has 0 atom stereocenters. The van der Waals surface area contributed by atoms with E-state index in [1.54, 1.807) is 18.2 Å². The number of amides is 1. The van der Waals surface area contributed by atoms with Crippen molar-refractivity contribution in [2.75, 3.05) is 5.32 Å². The van der Waals surface area contributed by atoms with E-state index in [4.69, 9.17) is 0 Å². The molecule has 3 rings (SSSR count). The Morgan fingerprint density at radius 3 is 2.60 bits per heavy atom. The fourth-order valence-electron chi connectivity index (χ4n) is 2.76. The summed E-state index contributed by atoms with van der Waals surface area (Å²) in [7, 11) is 0. The molecule has 3 aromatic rings. The number of fused-ring (bicyclic) bond motifs is 1. The molecule has 0 saturated heterocycles. The van der Waals surface area contributed by atoms with Crippen molar-refractivity contribution in [3.8, 4) is 0 Å². The van der Waals surface area contributed by atoms with E-state index in [0.717, 1.165) is 12.8 Å². The number of aromatic nitrogens is 1. The largest absolute Gasteiger partial charge is 0.321 e. The third-order valence-electron chi connectivity index (χ3n) is 4.07. The normalized spacial score (nSPS) is 10.8. The Morgan fingerprint density at radius 2 is 1.88 bits per heavy atom. The molecule has 1 N–H and O–H groups in total. The molecule has 1 amide bonds. The third-order valence-corrected chi connectivity index (χ3v) is 4.07. The highest BCUT2D eigenvalue weighted by Gasteiger charge is 2.16. The van der Waals surface area contributed by atoms with Crippen molar-refractivity contribution in [2.45, 2.75) is 26.3 Å². The van der Waals surface area contributed by atoms with Crippen LogP contribution in [0.5, 0.6) is 0 Å². The second-order valence-electron chi connectivity index (χ2n) is 5.89. The Hall–Kier alpha value is -2.95. The van der Waals surface area contributed by atoms with Crippen molar-refractivity contribution in [3.63, 3.8) is 0 Å². The van der Waals surface area contributed by atoms with Crippen LogP contribution in [0.15, 0.2) is 59.4 Å². The van der Waals surface area contributed by atoms with Crippen LogP contribution in [0.3, 0.4) is 0 Å². The number of benzene rings is 2. The first-order valence-corrected chi connectivity index (χ1v) is 8.29. The number of anilines is 1. The minimum absolute atomic E-state index is 0.279. The predicted octanol–water partition coefficient (Wildman–Crippen LogP) is 4.19. The second-order valence-corrected chi connectivity index (χ2v) is 5.89. The molecule has 128 valence electrons. The van der Waals surface area contributed by atoms with Crippen LogP contribution in [0, 0.1) is 5.82 Å². The lowest BCUT2D eigenvalue weighted by molar-refractivity contribution is 0.101. The van der Waals surface area contributed by atoms with Crippen LogP contribution in [0.2, 0.25) is 0 Å². The van der Waals surface area contributed by atoms with Gasteiger partial charge in [-0.1, -0.05) is 37.6 Å². The van der Waals surface area contributed by atoms with E-state index < -0.39 is 5.82 Å². The summed E-state index contributed by atoms with van der Waals surface area (Å²) in [5.41, 5.74) is 0.589. The Labute approximate surface area is 144 Å². The SMILES string of the molecule is CCCCn1c(C(=O)Nc2ccccc2)cc2ccc(F)cc2c1=O. The highest BCUT2D eigenvalue weighted by molar-refractivity contribution is 6.05. The van der Waals surface area contributed by atoms with Gasteiger partial charge in [0.15, 0.2) is 0 Å². The lowest BCUT2D eigenvalue weighted by Gasteiger charge is -2.14. The number of hydrogen-bond donors (Lipinski definition) is 1. The maximum Gasteiger partial charge on any atom is 0.272 e. The van der Waals surface area contributed by atoms with Gasteiger partial charge in [-0.15, -0.1) is 0 Å². The Bertz CT molecular complexity index is 965. The van der Waals surface area contributed by atoms with Gasteiger partial charge in [-0.25, -0.2) is 4.39 Å². The average molecular weight is 338 g/mol. The first-order valence-electron chi connectivity index (χ1n) is 8.29. The van der Waals surface area contributed by atoms with Crippen molar-refractivity contribution in [1.82, 2.24) is 4.57 Å². The minimum Gasteiger partial charge on any atom is -0.321 e. The summed E-state index contributed by atoms with van der Waals surface area (Å²) < 4.78 is 15.0. The molecule has 0 saturated carbocycles. The molecular formula is C20H19FN2O2. The zero-order valence-corrected chi connectivity index (χ0v) is 14.0. The van der Waals surface area contributed by atoms with Crippen molar-refractivity contribution in [2.24, 2.45) is 0 Å². The predicted molar refractivity (Wildman–Crippen MR) is 97.5 cm³/mol. The van der Waals surface area contributed by atoms with Crippen LogP contribution >= 0.6 is 0 Å². The van der Waals surface area contributed by atoms with Crippen molar-refractivity contribution in [1.29, 1.82) is 0 Å². The minimum atomic E-state index is -0.465. The van der Waals surface area contributed by atoms with Crippen molar-refractivity contribution in [3.05, 3.63) is 76.5 Å². The van der Waals surface area contributed by atoms with Gasteiger partial charge >= 0.3 is 0 Å². The van der Waals surface area contributed by atoms with E-state index in [0.29, 0.717) is 17.6 Å². The fraction of sp³-hybridized carbons (Fsp3) is 0.200. The molecule has 1 heterocycles. The molecule has 0 bridgehead atoms. The number of pyridine rings is 1. The summed E-state index contributed by atoms with van der Waals surface area (Å²) >= 11 is 0. The monoisotopic (exact) mass is 338 g/mol. The molecule has 0 spiro atoms. The molecule has 0 fully saturated rings. The summed E-state index contributed by atoms with van der Waals surface area (Å²) in [6, 6.07) is 14.7. The number of nitrogens with zero attached hydrogens (tertiary/aromatic N) is 1. The Kier molecular flexibility index (Phi) is 4.93. The fourth-order valence-corrected chi connectivity index (χ4v) is 2.76. The molecule has 25 heavy (non-hydrogen) atoms. The zero-order valence-electron chi connectivity index (χ0n) is 14.0. The van der Waals surface area contributed by atoms with Crippen molar-refractivity contribution >= 4 is 22.4 Å². The van der Waals surface area contributed by atoms with Crippen LogP contribution in [-0.4, -0.2) is 10.5 Å². The molecule has 0 radical (unpaired) electrons. The van der Waals surface area contributed by atoms with E-state index in [-0.39, 0.29) is 22.5 Å². The quantitative estimate of drug-likeness (QED) is 0.758. The van der Waals surface area contributed by atoms with E-state index in [1.165, 1.54) is 22.8 Å². The maximum absolute atomic E-state index is 13.5. The second kappa shape index (κ2) is 7.30. The molecule has 0 unspecified atom stereocenters. The molecule has 1 aromatic heterocycles. The Morgan fingerprint density at radius 1 is 1.12 bits per heavy atom. The molecule has 0 aliphatic rings. The number of carbonyl (C=O) groups is 1. The first-order chi connectivity index (χ1) is 12.1. The maximum atomic E-state index is 13.5. The van der Waals surface area contributed by atoms with Gasteiger partial charge in [-0.05, 0) is 42.1 Å². The summed E-state index contributed by atoms with van der Waals surface area (Å²) in [4.78, 5) is 25.5. The zero-order chi connectivity index (χ0) is 17.8. The summed E-state index contributed by atoms with van der Waals surface area (Å²) in [6.07, 6.45) is 1.64. The van der Waals surface area contributed by atoms with E-state index in [1.807, 2.05) is 25.1 Å². The van der Waals surface area contributed by atoms with Crippen molar-refractivity contribution < 1.29 is 9.18 Å². The number of halogens is 1. The lowest BCUT2D eigenvalue weighted by Crippen LogP contribution is -2.29. The van der Waals surface area contributed by atoms with Crippen LogP contribution in [-0.2, 0) is 6.54 Å². The molecule has 0 aliphatic heterocycles. The molecular weight excluding hydrogens is 319 g/mol. The topological polar surface area (TPSA) is 51.1 Å². The van der Waals surface area contributed by atoms with Crippen LogP contribution < -0.4 is 10.9 Å². The number of nitrogens with one attached hydrogen (secondary N) is 1. The van der Waals surface area contributed by atoms with Crippen LogP contribution in [0.4, 0.5) is 10.1 Å². The van der Waals surface area contributed by atoms with Gasteiger partial charge in [-0.3, -0.25) is 9.59 Å². The molecule has 2 aromatic carbocycles. The van der Waals surface area contributed by atoms with Gasteiger partial charge in [0.2, 0.25) is 0 Å². The number of rotatable bonds is 5. The van der Waals surface area contributed by atoms with Crippen LogP contribution in [0.1, 0.15) is 30.3 Å². The van der Waals surface area contributed by atoms with Gasteiger partial charge in [0, 0.05) is 12.2 Å². The summed E-state index contributed by atoms with van der Waals surface area (Å²) in [6.45, 7) is 2.43.